The Balaban J connectivity index is 2.34. The monoisotopic (exact) mass is 212 g/mol. The van der Waals surface area contributed by atoms with Crippen LogP contribution in [-0.4, -0.2) is 44.0 Å². The first kappa shape index (κ1) is 11.7. The van der Waals surface area contributed by atoms with E-state index in [4.69, 9.17) is 0 Å². The van der Waals surface area contributed by atoms with Crippen LogP contribution in [0, 0.1) is 6.92 Å². The minimum absolute atomic E-state index is 1.08. The third kappa shape index (κ3) is 3.78. The molecule has 0 fully saturated rings. The maximum atomic E-state index is 2.37. The van der Waals surface area contributed by atoms with Crippen molar-refractivity contribution in [3.63, 3.8) is 0 Å². The maximum Gasteiger partial charge on any atom is 0.0328 e. The average molecular weight is 212 g/mol. The molecule has 0 N–H and O–H groups in total. The van der Waals surface area contributed by atoms with E-state index in [0.29, 0.717) is 0 Å². The predicted molar refractivity (Wildman–Crippen MR) is 63.9 cm³/mol. The van der Waals surface area contributed by atoms with Crippen LogP contribution in [0.1, 0.15) is 10.4 Å². The van der Waals surface area contributed by atoms with E-state index >= 15 is 0 Å². The SMILES string of the molecule is Cc1ccsc1CN(C)CCN(C)C. The zero-order valence-electron chi connectivity index (χ0n) is 9.58. The van der Waals surface area contributed by atoms with Gasteiger partial charge in [-0.25, -0.2) is 0 Å². The van der Waals surface area contributed by atoms with Gasteiger partial charge in [0.1, 0.15) is 0 Å². The van der Waals surface area contributed by atoms with Crippen molar-refractivity contribution < 1.29 is 0 Å². The molecule has 1 rings (SSSR count). The molecular formula is C11H20N2S. The number of rotatable bonds is 5. The number of nitrogens with zero attached hydrogens (tertiary/aromatic N) is 2. The molecule has 0 aliphatic heterocycles. The summed E-state index contributed by atoms with van der Waals surface area (Å²) in [7, 11) is 6.41. The summed E-state index contributed by atoms with van der Waals surface area (Å²) >= 11 is 1.86. The lowest BCUT2D eigenvalue weighted by atomic mass is 10.3. The second-order valence-corrected chi connectivity index (χ2v) is 5.07. The standard InChI is InChI=1S/C11H20N2S/c1-10-5-8-14-11(10)9-13(4)7-6-12(2)3/h5,8H,6-7,9H2,1-4H3. The lowest BCUT2D eigenvalue weighted by molar-refractivity contribution is 0.278. The molecule has 2 nitrogen and oxygen atoms in total. The van der Waals surface area contributed by atoms with Crippen molar-refractivity contribution in [2.24, 2.45) is 0 Å². The van der Waals surface area contributed by atoms with E-state index in [2.05, 4.69) is 49.3 Å². The molecule has 0 spiro atoms. The Bertz CT molecular complexity index is 268. The van der Waals surface area contributed by atoms with Gasteiger partial charge >= 0.3 is 0 Å². The van der Waals surface area contributed by atoms with Gasteiger partial charge in [-0.15, -0.1) is 11.3 Å². The number of hydrogen-bond acceptors (Lipinski definition) is 3. The second kappa shape index (κ2) is 5.49. The van der Waals surface area contributed by atoms with E-state index in [1.165, 1.54) is 10.4 Å². The van der Waals surface area contributed by atoms with Gasteiger partial charge in [-0.3, -0.25) is 0 Å². The Morgan fingerprint density at radius 3 is 2.43 bits per heavy atom. The largest absolute Gasteiger partial charge is 0.308 e. The van der Waals surface area contributed by atoms with Crippen LogP contribution in [0.3, 0.4) is 0 Å². The Kier molecular flexibility index (Phi) is 4.58. The highest BCUT2D eigenvalue weighted by Gasteiger charge is 2.04. The summed E-state index contributed by atoms with van der Waals surface area (Å²) in [5.74, 6) is 0. The molecule has 1 aromatic heterocycles. The maximum absolute atomic E-state index is 2.37. The number of likely N-dealkylation sites (N-methyl/N-ethyl adjacent to an activating group) is 2. The highest BCUT2D eigenvalue weighted by molar-refractivity contribution is 7.10. The van der Waals surface area contributed by atoms with Crippen LogP contribution in [0.25, 0.3) is 0 Å². The van der Waals surface area contributed by atoms with Gasteiger partial charge in [0, 0.05) is 24.5 Å². The molecular weight excluding hydrogens is 192 g/mol. The third-order valence-electron chi connectivity index (χ3n) is 2.31. The van der Waals surface area contributed by atoms with E-state index in [-0.39, 0.29) is 0 Å². The van der Waals surface area contributed by atoms with Gasteiger partial charge in [-0.2, -0.15) is 0 Å². The first-order valence-electron chi connectivity index (χ1n) is 4.96. The molecule has 0 aromatic carbocycles. The van der Waals surface area contributed by atoms with Gasteiger partial charge in [0.15, 0.2) is 0 Å². The Morgan fingerprint density at radius 1 is 1.21 bits per heavy atom. The zero-order chi connectivity index (χ0) is 10.6. The molecule has 80 valence electrons. The number of hydrogen-bond donors (Lipinski definition) is 0. The van der Waals surface area contributed by atoms with E-state index in [1.54, 1.807) is 0 Å². The molecule has 1 heterocycles. The van der Waals surface area contributed by atoms with Crippen LogP contribution in [0.5, 0.6) is 0 Å². The summed E-state index contributed by atoms with van der Waals surface area (Å²) in [5.41, 5.74) is 1.42. The van der Waals surface area contributed by atoms with Crippen LogP contribution in [-0.2, 0) is 6.54 Å². The molecule has 0 aliphatic rings. The average Bonchev–Trinajstić information content (AvgIpc) is 2.49. The minimum atomic E-state index is 1.08. The van der Waals surface area contributed by atoms with E-state index < -0.39 is 0 Å². The highest BCUT2D eigenvalue weighted by atomic mass is 32.1. The molecule has 3 heteroatoms. The Labute approximate surface area is 91.1 Å². The molecule has 0 atom stereocenters. The van der Waals surface area contributed by atoms with E-state index in [9.17, 15) is 0 Å². The lowest BCUT2D eigenvalue weighted by Crippen LogP contribution is -2.28. The van der Waals surface area contributed by atoms with Gasteiger partial charge in [-0.1, -0.05) is 0 Å². The van der Waals surface area contributed by atoms with Gasteiger partial charge in [-0.05, 0) is 45.1 Å². The van der Waals surface area contributed by atoms with Crippen LogP contribution in [0.4, 0.5) is 0 Å². The highest BCUT2D eigenvalue weighted by Crippen LogP contribution is 2.16. The van der Waals surface area contributed by atoms with Crippen LogP contribution in [0.15, 0.2) is 11.4 Å². The van der Waals surface area contributed by atoms with Crippen LogP contribution < -0.4 is 0 Å². The molecule has 0 unspecified atom stereocenters. The first-order valence-corrected chi connectivity index (χ1v) is 5.84. The molecule has 0 radical (unpaired) electrons. The van der Waals surface area contributed by atoms with E-state index in [0.717, 1.165) is 19.6 Å². The number of aryl methyl sites for hydroxylation is 1. The smallest absolute Gasteiger partial charge is 0.0328 e. The zero-order valence-corrected chi connectivity index (χ0v) is 10.4. The molecule has 14 heavy (non-hydrogen) atoms. The summed E-state index contributed by atoms with van der Waals surface area (Å²) in [6, 6.07) is 2.19. The summed E-state index contributed by atoms with van der Waals surface area (Å²) in [4.78, 5) is 6.09. The van der Waals surface area contributed by atoms with Crippen LogP contribution >= 0.6 is 11.3 Å². The molecule has 1 aromatic rings. The molecule has 0 bridgehead atoms. The van der Waals surface area contributed by atoms with Crippen molar-refractivity contribution in [3.05, 3.63) is 21.9 Å². The van der Waals surface area contributed by atoms with Crippen molar-refractivity contribution in [1.29, 1.82) is 0 Å². The fraction of sp³-hybridized carbons (Fsp3) is 0.636. The van der Waals surface area contributed by atoms with Crippen LogP contribution in [0.2, 0.25) is 0 Å². The summed E-state index contributed by atoms with van der Waals surface area (Å²) in [6.07, 6.45) is 0. The van der Waals surface area contributed by atoms with E-state index in [1.807, 2.05) is 11.3 Å². The third-order valence-corrected chi connectivity index (χ3v) is 3.32. The van der Waals surface area contributed by atoms with Crippen molar-refractivity contribution in [2.45, 2.75) is 13.5 Å². The normalized spacial score (nSPS) is 11.6. The summed E-state index contributed by atoms with van der Waals surface area (Å²) in [5, 5.41) is 2.17. The van der Waals surface area contributed by atoms with Crippen molar-refractivity contribution in [1.82, 2.24) is 9.80 Å². The fourth-order valence-corrected chi connectivity index (χ4v) is 2.25. The minimum Gasteiger partial charge on any atom is -0.308 e. The quantitative estimate of drug-likeness (QED) is 0.737. The van der Waals surface area contributed by atoms with Gasteiger partial charge < -0.3 is 9.80 Å². The molecule has 0 aliphatic carbocycles. The van der Waals surface area contributed by atoms with Gasteiger partial charge in [0.2, 0.25) is 0 Å². The topological polar surface area (TPSA) is 6.48 Å². The predicted octanol–water partition coefficient (Wildman–Crippen LogP) is 2.05. The fourth-order valence-electron chi connectivity index (χ4n) is 1.26. The van der Waals surface area contributed by atoms with Crippen molar-refractivity contribution in [3.8, 4) is 0 Å². The Hall–Kier alpha value is -0.380. The Morgan fingerprint density at radius 2 is 1.93 bits per heavy atom. The number of thiophene rings is 1. The lowest BCUT2D eigenvalue weighted by Gasteiger charge is -2.18. The first-order chi connectivity index (χ1) is 6.59. The van der Waals surface area contributed by atoms with Crippen molar-refractivity contribution in [2.75, 3.05) is 34.2 Å². The van der Waals surface area contributed by atoms with Gasteiger partial charge in [0.05, 0.1) is 0 Å². The summed E-state index contributed by atoms with van der Waals surface area (Å²) < 4.78 is 0. The molecule has 0 amide bonds. The second-order valence-electron chi connectivity index (χ2n) is 4.07. The van der Waals surface area contributed by atoms with Gasteiger partial charge in [0.25, 0.3) is 0 Å². The van der Waals surface area contributed by atoms with Crippen molar-refractivity contribution >= 4 is 11.3 Å². The molecule has 0 saturated carbocycles. The molecule has 0 saturated heterocycles. The summed E-state index contributed by atoms with van der Waals surface area (Å²) in [6.45, 7) is 5.52.